The van der Waals surface area contributed by atoms with Gasteiger partial charge < -0.3 is 14.8 Å². The van der Waals surface area contributed by atoms with Gasteiger partial charge in [0.25, 0.3) is 0 Å². The van der Waals surface area contributed by atoms with E-state index in [9.17, 15) is 5.11 Å². The average Bonchev–Trinajstić information content (AvgIpc) is 3.16. The number of halogens is 1. The first kappa shape index (κ1) is 17.7. The topological polar surface area (TPSA) is 95.0 Å². The first-order valence-corrected chi connectivity index (χ1v) is 8.16. The Kier molecular flexibility index (Phi) is 5.32. The van der Waals surface area contributed by atoms with Gasteiger partial charge >= 0.3 is 0 Å². The quantitative estimate of drug-likeness (QED) is 0.641. The zero-order chi connectivity index (χ0) is 18.5. The van der Waals surface area contributed by atoms with Crippen LogP contribution < -0.4 is 5.32 Å². The fourth-order valence-electron chi connectivity index (χ4n) is 2.36. The fraction of sp³-hybridized carbons (Fsp3) is 0.105. The number of benzene rings is 2. The van der Waals surface area contributed by atoms with E-state index in [0.29, 0.717) is 22.2 Å². The van der Waals surface area contributed by atoms with Crippen LogP contribution in [0.15, 0.2) is 65.6 Å². The molecular weight excluding hydrogens is 352 g/mol. The van der Waals surface area contributed by atoms with E-state index in [1.165, 1.54) is 6.08 Å². The molecule has 130 valence electrons. The number of nitrogens with one attached hydrogen (secondary N) is 1. The number of nitriles is 1. The molecule has 6 nitrogen and oxygen atoms in total. The lowest BCUT2D eigenvalue weighted by Gasteiger charge is -2.19. The standard InChI is InChI=1S/C19H15ClN4O2/c1-2-16(25)17(22-14-9-8-13(11-21)15(20)10-14)19-24-23-18(26-19)12-6-4-3-5-7-12/h2-10,16-17,22,25H,1H2/t16-,17+/m0/s1. The summed E-state index contributed by atoms with van der Waals surface area (Å²) in [6.07, 6.45) is 0.392. The van der Waals surface area contributed by atoms with Crippen molar-refractivity contribution in [2.75, 3.05) is 5.32 Å². The van der Waals surface area contributed by atoms with E-state index < -0.39 is 12.1 Å². The van der Waals surface area contributed by atoms with Gasteiger partial charge in [0.05, 0.1) is 10.6 Å². The van der Waals surface area contributed by atoms with Gasteiger partial charge in [-0.05, 0) is 30.3 Å². The van der Waals surface area contributed by atoms with Gasteiger partial charge in [0.15, 0.2) is 0 Å². The maximum absolute atomic E-state index is 10.3. The maximum Gasteiger partial charge on any atom is 0.247 e. The van der Waals surface area contributed by atoms with Crippen LogP contribution in [0.5, 0.6) is 0 Å². The summed E-state index contributed by atoms with van der Waals surface area (Å²) in [5.74, 6) is 0.554. The van der Waals surface area contributed by atoms with E-state index in [1.54, 1.807) is 18.2 Å². The third-order valence-corrected chi connectivity index (χ3v) is 4.03. The Balaban J connectivity index is 1.90. The van der Waals surface area contributed by atoms with Crippen LogP contribution in [0.4, 0.5) is 5.69 Å². The molecule has 2 aromatic carbocycles. The molecule has 0 amide bonds. The highest BCUT2D eigenvalue weighted by molar-refractivity contribution is 6.32. The highest BCUT2D eigenvalue weighted by Crippen LogP contribution is 2.28. The van der Waals surface area contributed by atoms with Crippen LogP contribution in [0.1, 0.15) is 17.5 Å². The van der Waals surface area contributed by atoms with E-state index >= 15 is 0 Å². The second-order valence-electron chi connectivity index (χ2n) is 5.47. The number of hydrogen-bond donors (Lipinski definition) is 2. The van der Waals surface area contributed by atoms with Gasteiger partial charge in [0.2, 0.25) is 11.8 Å². The Morgan fingerprint density at radius 3 is 2.65 bits per heavy atom. The van der Waals surface area contributed by atoms with Crippen molar-refractivity contribution in [1.82, 2.24) is 10.2 Å². The summed E-state index contributed by atoms with van der Waals surface area (Å²) in [6.45, 7) is 3.61. The van der Waals surface area contributed by atoms with Gasteiger partial charge in [-0.25, -0.2) is 0 Å². The summed E-state index contributed by atoms with van der Waals surface area (Å²) < 4.78 is 5.72. The third-order valence-electron chi connectivity index (χ3n) is 3.72. The van der Waals surface area contributed by atoms with E-state index in [-0.39, 0.29) is 5.89 Å². The second kappa shape index (κ2) is 7.83. The van der Waals surface area contributed by atoms with Gasteiger partial charge in [-0.15, -0.1) is 16.8 Å². The van der Waals surface area contributed by atoms with E-state index in [0.717, 1.165) is 5.56 Å². The number of aliphatic hydroxyl groups excluding tert-OH is 1. The molecule has 0 unspecified atom stereocenters. The number of aliphatic hydroxyl groups is 1. The molecule has 0 spiro atoms. The number of nitrogens with zero attached hydrogens (tertiary/aromatic N) is 3. The molecule has 2 atom stereocenters. The van der Waals surface area contributed by atoms with Gasteiger partial charge in [-0.3, -0.25) is 0 Å². The van der Waals surface area contributed by atoms with Crippen molar-refractivity contribution in [3.8, 4) is 17.5 Å². The minimum Gasteiger partial charge on any atom is -0.418 e. The van der Waals surface area contributed by atoms with Crippen LogP contribution >= 0.6 is 11.6 Å². The zero-order valence-electron chi connectivity index (χ0n) is 13.6. The molecule has 7 heteroatoms. The van der Waals surface area contributed by atoms with Gasteiger partial charge in [0.1, 0.15) is 18.2 Å². The van der Waals surface area contributed by atoms with Crippen molar-refractivity contribution < 1.29 is 9.52 Å². The Morgan fingerprint density at radius 2 is 2.00 bits per heavy atom. The highest BCUT2D eigenvalue weighted by Gasteiger charge is 2.25. The number of aromatic nitrogens is 2. The molecule has 0 aliphatic heterocycles. The molecule has 0 aliphatic rings. The Labute approximate surface area is 155 Å². The smallest absolute Gasteiger partial charge is 0.247 e. The SMILES string of the molecule is C=C[C@H](O)[C@@H](Nc1ccc(C#N)c(Cl)c1)c1nnc(-c2ccccc2)o1. The third kappa shape index (κ3) is 3.75. The van der Waals surface area contributed by atoms with Crippen molar-refractivity contribution in [2.24, 2.45) is 0 Å². The molecule has 0 bridgehead atoms. The molecule has 3 rings (SSSR count). The van der Waals surface area contributed by atoms with Crippen molar-refractivity contribution in [2.45, 2.75) is 12.1 Å². The number of rotatable bonds is 6. The first-order valence-electron chi connectivity index (χ1n) is 7.78. The predicted octanol–water partition coefficient (Wildman–Crippen LogP) is 3.96. The van der Waals surface area contributed by atoms with Gasteiger partial charge in [0, 0.05) is 11.3 Å². The van der Waals surface area contributed by atoms with E-state index in [2.05, 4.69) is 22.1 Å². The molecule has 0 radical (unpaired) electrons. The van der Waals surface area contributed by atoms with Crippen LogP contribution in [-0.2, 0) is 0 Å². The summed E-state index contributed by atoms with van der Waals surface area (Å²) in [6, 6.07) is 15.5. The van der Waals surface area contributed by atoms with Crippen LogP contribution in [0.25, 0.3) is 11.5 Å². The number of hydrogen-bond acceptors (Lipinski definition) is 6. The van der Waals surface area contributed by atoms with Crippen LogP contribution in [0.3, 0.4) is 0 Å². The maximum atomic E-state index is 10.3. The highest BCUT2D eigenvalue weighted by atomic mass is 35.5. The molecule has 3 aromatic rings. The predicted molar refractivity (Wildman–Crippen MR) is 98.5 cm³/mol. The molecule has 0 saturated carbocycles. The van der Waals surface area contributed by atoms with Crippen LogP contribution in [-0.4, -0.2) is 21.4 Å². The summed E-state index contributed by atoms with van der Waals surface area (Å²) >= 11 is 6.06. The van der Waals surface area contributed by atoms with Crippen LogP contribution in [0, 0.1) is 11.3 Å². The summed E-state index contributed by atoms with van der Waals surface area (Å²) in [7, 11) is 0. The molecule has 1 aromatic heterocycles. The molecule has 0 fully saturated rings. The lowest BCUT2D eigenvalue weighted by atomic mass is 10.1. The minimum atomic E-state index is -0.978. The van der Waals surface area contributed by atoms with Crippen molar-refractivity contribution in [1.29, 1.82) is 5.26 Å². The molecule has 2 N–H and O–H groups in total. The Bertz CT molecular complexity index is 950. The van der Waals surface area contributed by atoms with Gasteiger partial charge in [-0.2, -0.15) is 5.26 Å². The molecule has 26 heavy (non-hydrogen) atoms. The van der Waals surface area contributed by atoms with E-state index in [1.807, 2.05) is 36.4 Å². The lowest BCUT2D eigenvalue weighted by Crippen LogP contribution is -2.24. The molecule has 0 aliphatic carbocycles. The van der Waals surface area contributed by atoms with Crippen molar-refractivity contribution in [3.63, 3.8) is 0 Å². The Hall–Kier alpha value is -3.14. The zero-order valence-corrected chi connectivity index (χ0v) is 14.4. The summed E-state index contributed by atoms with van der Waals surface area (Å²) in [5, 5.41) is 30.7. The van der Waals surface area contributed by atoms with Crippen molar-refractivity contribution in [3.05, 3.63) is 77.7 Å². The largest absolute Gasteiger partial charge is 0.418 e. The summed E-state index contributed by atoms with van der Waals surface area (Å²) in [5.41, 5.74) is 1.74. The van der Waals surface area contributed by atoms with Crippen LogP contribution in [0.2, 0.25) is 5.02 Å². The van der Waals surface area contributed by atoms with E-state index in [4.69, 9.17) is 21.3 Å². The first-order chi connectivity index (χ1) is 12.6. The molecule has 0 saturated heterocycles. The molecule has 1 heterocycles. The minimum absolute atomic E-state index is 0.205. The monoisotopic (exact) mass is 366 g/mol. The molecular formula is C19H15ClN4O2. The fourth-order valence-corrected chi connectivity index (χ4v) is 2.58. The van der Waals surface area contributed by atoms with Gasteiger partial charge in [-0.1, -0.05) is 35.9 Å². The van der Waals surface area contributed by atoms with Crippen molar-refractivity contribution >= 4 is 17.3 Å². The normalized spacial score (nSPS) is 12.8. The Morgan fingerprint density at radius 1 is 1.23 bits per heavy atom. The average molecular weight is 367 g/mol. The lowest BCUT2D eigenvalue weighted by molar-refractivity contribution is 0.187. The second-order valence-corrected chi connectivity index (χ2v) is 5.87. The summed E-state index contributed by atoms with van der Waals surface area (Å²) in [4.78, 5) is 0. The number of anilines is 1.